The van der Waals surface area contributed by atoms with E-state index in [0.29, 0.717) is 16.5 Å². The molecule has 4 aromatic rings. The van der Waals surface area contributed by atoms with Crippen molar-refractivity contribution in [3.05, 3.63) is 81.6 Å². The first kappa shape index (κ1) is 20.9. The van der Waals surface area contributed by atoms with Crippen LogP contribution in [0, 0.1) is 6.92 Å². The van der Waals surface area contributed by atoms with Crippen LogP contribution in [0.25, 0.3) is 11.3 Å². The van der Waals surface area contributed by atoms with Crippen LogP contribution in [0.2, 0.25) is 0 Å². The first-order chi connectivity index (χ1) is 15.0. The number of hydrogen-bond donors (Lipinski definition) is 2. The predicted octanol–water partition coefficient (Wildman–Crippen LogP) is 4.94. The summed E-state index contributed by atoms with van der Waals surface area (Å²) in [6.07, 6.45) is 0.413. The van der Waals surface area contributed by atoms with Crippen LogP contribution in [0.15, 0.2) is 65.4 Å². The summed E-state index contributed by atoms with van der Waals surface area (Å²) in [6.45, 7) is 1.96. The Morgan fingerprint density at radius 2 is 1.68 bits per heavy atom. The fraction of sp³-hybridized carbons (Fsp3) is 0.130. The van der Waals surface area contributed by atoms with Gasteiger partial charge in [0.25, 0.3) is 0 Å². The van der Waals surface area contributed by atoms with Gasteiger partial charge in [-0.1, -0.05) is 42.5 Å². The van der Waals surface area contributed by atoms with Crippen LogP contribution in [0.1, 0.15) is 16.3 Å². The van der Waals surface area contributed by atoms with Crippen molar-refractivity contribution in [1.29, 1.82) is 0 Å². The fourth-order valence-electron chi connectivity index (χ4n) is 3.01. The van der Waals surface area contributed by atoms with Gasteiger partial charge in [0.2, 0.25) is 11.8 Å². The second kappa shape index (κ2) is 9.63. The SMILES string of the molecule is Cc1nc(-c2cccc(NC(=O)Cc3csc(NC(=O)Cc4ccccc4)n3)c2)cs1. The Balaban J connectivity index is 1.32. The van der Waals surface area contributed by atoms with Gasteiger partial charge in [0.15, 0.2) is 5.13 Å². The van der Waals surface area contributed by atoms with Crippen molar-refractivity contribution in [3.8, 4) is 11.3 Å². The maximum absolute atomic E-state index is 12.5. The summed E-state index contributed by atoms with van der Waals surface area (Å²) in [5, 5.41) is 11.0. The van der Waals surface area contributed by atoms with E-state index in [1.165, 1.54) is 11.3 Å². The summed E-state index contributed by atoms with van der Waals surface area (Å²) in [4.78, 5) is 33.5. The number of rotatable bonds is 7. The standard InChI is InChI=1S/C23H20N4O2S2/c1-15-24-20(14-30-15)17-8-5-9-18(11-17)25-22(29)12-19-13-31-23(26-19)27-21(28)10-16-6-3-2-4-7-16/h2-9,11,13-14H,10,12H2,1H3,(H,25,29)(H,26,27,28). The van der Waals surface area contributed by atoms with Crippen molar-refractivity contribution in [2.75, 3.05) is 10.6 Å². The second-order valence-electron chi connectivity index (χ2n) is 6.91. The van der Waals surface area contributed by atoms with Gasteiger partial charge in [-0.05, 0) is 24.6 Å². The number of aryl methyl sites for hydroxylation is 1. The Labute approximate surface area is 188 Å². The molecule has 4 rings (SSSR count). The topological polar surface area (TPSA) is 84.0 Å². The lowest BCUT2D eigenvalue weighted by molar-refractivity contribution is -0.116. The van der Waals surface area contributed by atoms with E-state index < -0.39 is 0 Å². The van der Waals surface area contributed by atoms with Gasteiger partial charge >= 0.3 is 0 Å². The summed E-state index contributed by atoms with van der Waals surface area (Å²) < 4.78 is 0. The van der Waals surface area contributed by atoms with Gasteiger partial charge < -0.3 is 10.6 Å². The zero-order chi connectivity index (χ0) is 21.6. The Morgan fingerprint density at radius 3 is 2.45 bits per heavy atom. The van der Waals surface area contributed by atoms with Gasteiger partial charge in [-0.15, -0.1) is 22.7 Å². The molecule has 0 saturated carbocycles. The normalized spacial score (nSPS) is 10.6. The highest BCUT2D eigenvalue weighted by atomic mass is 32.1. The van der Waals surface area contributed by atoms with Gasteiger partial charge in [-0.3, -0.25) is 9.59 Å². The zero-order valence-electron chi connectivity index (χ0n) is 16.8. The maximum Gasteiger partial charge on any atom is 0.230 e. The molecule has 0 bridgehead atoms. The van der Waals surface area contributed by atoms with Crippen molar-refractivity contribution in [1.82, 2.24) is 9.97 Å². The van der Waals surface area contributed by atoms with E-state index in [0.717, 1.165) is 21.8 Å². The minimum absolute atomic E-state index is 0.130. The molecule has 31 heavy (non-hydrogen) atoms. The van der Waals surface area contributed by atoms with Crippen LogP contribution in [0.4, 0.5) is 10.8 Å². The van der Waals surface area contributed by atoms with Crippen LogP contribution in [0.5, 0.6) is 0 Å². The number of nitrogens with zero attached hydrogens (tertiary/aromatic N) is 2. The summed E-state index contributed by atoms with van der Waals surface area (Å²) in [5.41, 5.74) is 4.11. The van der Waals surface area contributed by atoms with Gasteiger partial charge in [-0.2, -0.15) is 0 Å². The number of thiazole rings is 2. The van der Waals surface area contributed by atoms with Crippen LogP contribution in [0.3, 0.4) is 0 Å². The van der Waals surface area contributed by atoms with Gasteiger partial charge in [0.1, 0.15) is 0 Å². The van der Waals surface area contributed by atoms with Crippen molar-refractivity contribution >= 4 is 45.3 Å². The number of carbonyl (C=O) groups excluding carboxylic acids is 2. The molecule has 156 valence electrons. The van der Waals surface area contributed by atoms with Crippen molar-refractivity contribution < 1.29 is 9.59 Å². The van der Waals surface area contributed by atoms with Crippen LogP contribution in [-0.4, -0.2) is 21.8 Å². The molecule has 0 aliphatic heterocycles. The zero-order valence-corrected chi connectivity index (χ0v) is 18.4. The average molecular weight is 449 g/mol. The maximum atomic E-state index is 12.5. The van der Waals surface area contributed by atoms with E-state index in [4.69, 9.17) is 0 Å². The van der Waals surface area contributed by atoms with E-state index in [1.807, 2.05) is 66.9 Å². The van der Waals surface area contributed by atoms with Gasteiger partial charge in [-0.25, -0.2) is 9.97 Å². The van der Waals surface area contributed by atoms with Crippen LogP contribution >= 0.6 is 22.7 Å². The Kier molecular flexibility index (Phi) is 6.49. The van der Waals surface area contributed by atoms with Gasteiger partial charge in [0, 0.05) is 22.0 Å². The van der Waals surface area contributed by atoms with Gasteiger partial charge in [0.05, 0.1) is 29.2 Å². The number of nitrogens with one attached hydrogen (secondary N) is 2. The van der Waals surface area contributed by atoms with E-state index >= 15 is 0 Å². The molecule has 0 saturated heterocycles. The molecule has 0 aliphatic rings. The summed E-state index contributed by atoms with van der Waals surface area (Å²) in [5.74, 6) is -0.301. The van der Waals surface area contributed by atoms with E-state index in [9.17, 15) is 9.59 Å². The molecule has 2 aromatic carbocycles. The lowest BCUT2D eigenvalue weighted by Gasteiger charge is -2.06. The molecule has 0 unspecified atom stereocenters. The lowest BCUT2D eigenvalue weighted by Crippen LogP contribution is -2.16. The van der Waals surface area contributed by atoms with Crippen molar-refractivity contribution in [2.24, 2.45) is 0 Å². The first-order valence-corrected chi connectivity index (χ1v) is 11.4. The third-order valence-electron chi connectivity index (χ3n) is 4.41. The van der Waals surface area contributed by atoms with E-state index in [2.05, 4.69) is 20.6 Å². The Morgan fingerprint density at radius 1 is 0.871 bits per heavy atom. The highest BCUT2D eigenvalue weighted by Crippen LogP contribution is 2.24. The number of aromatic nitrogens is 2. The molecule has 2 N–H and O–H groups in total. The summed E-state index contributed by atoms with van der Waals surface area (Å²) >= 11 is 2.90. The molecule has 0 radical (unpaired) electrons. The molecule has 2 amide bonds. The Bertz CT molecular complexity index is 1200. The van der Waals surface area contributed by atoms with Crippen LogP contribution in [-0.2, 0) is 22.4 Å². The number of anilines is 2. The van der Waals surface area contributed by atoms with E-state index in [-0.39, 0.29) is 24.7 Å². The number of carbonyl (C=O) groups is 2. The molecule has 0 aliphatic carbocycles. The van der Waals surface area contributed by atoms with Crippen molar-refractivity contribution in [3.63, 3.8) is 0 Å². The lowest BCUT2D eigenvalue weighted by atomic mass is 10.1. The molecule has 2 aromatic heterocycles. The highest BCUT2D eigenvalue weighted by Gasteiger charge is 2.11. The number of amides is 2. The molecule has 0 atom stereocenters. The van der Waals surface area contributed by atoms with Crippen LogP contribution < -0.4 is 10.6 Å². The predicted molar refractivity (Wildman–Crippen MR) is 126 cm³/mol. The third kappa shape index (κ3) is 5.84. The summed E-state index contributed by atoms with van der Waals surface area (Å²) in [6, 6.07) is 17.1. The molecule has 0 fully saturated rings. The Hall–Kier alpha value is -3.36. The highest BCUT2D eigenvalue weighted by molar-refractivity contribution is 7.14. The van der Waals surface area contributed by atoms with Crippen molar-refractivity contribution in [2.45, 2.75) is 19.8 Å². The number of hydrogen-bond acceptors (Lipinski definition) is 6. The second-order valence-corrected chi connectivity index (χ2v) is 8.83. The third-order valence-corrected chi connectivity index (χ3v) is 5.99. The summed E-state index contributed by atoms with van der Waals surface area (Å²) in [7, 11) is 0. The molecule has 6 nitrogen and oxygen atoms in total. The fourth-order valence-corrected chi connectivity index (χ4v) is 4.36. The smallest absolute Gasteiger partial charge is 0.230 e. The molecule has 2 heterocycles. The monoisotopic (exact) mass is 448 g/mol. The molecular weight excluding hydrogens is 428 g/mol. The minimum atomic E-state index is -0.168. The average Bonchev–Trinajstić information content (AvgIpc) is 3.37. The minimum Gasteiger partial charge on any atom is -0.326 e. The molecule has 8 heteroatoms. The largest absolute Gasteiger partial charge is 0.326 e. The van der Waals surface area contributed by atoms with E-state index in [1.54, 1.807) is 16.7 Å². The molecule has 0 spiro atoms. The number of benzene rings is 2. The molecular formula is C23H20N4O2S2. The quantitative estimate of drug-likeness (QED) is 0.420. The first-order valence-electron chi connectivity index (χ1n) is 9.66.